The average Bonchev–Trinajstić information content (AvgIpc) is 3.68. The highest BCUT2D eigenvalue weighted by atomic mass is 32.1. The number of thiazole rings is 1. The lowest BCUT2D eigenvalue weighted by molar-refractivity contribution is -0.132. The standard InChI is InChI=1S/C34H30N2O7S/c1-4-41-33(40)31-20(3)35-34(44-31)36-28(22-11-8-12-25(17-22)42-18-21-9-6-5-7-10-21)27(30(38)32(36)39)29(37)23-13-14-26-24(16-23)15-19(2)43-26/h5-14,16-17,19,28,37H,4,15,18H2,1-3H3/b29-27+/t19-,28+/m1/s1. The van der Waals surface area contributed by atoms with E-state index in [-0.39, 0.29) is 34.1 Å². The van der Waals surface area contributed by atoms with Crippen LogP contribution in [-0.4, -0.2) is 40.5 Å². The second kappa shape index (κ2) is 12.0. The van der Waals surface area contributed by atoms with Gasteiger partial charge in [0.2, 0.25) is 0 Å². The quantitative estimate of drug-likeness (QED) is 0.109. The number of esters is 1. The van der Waals surface area contributed by atoms with Gasteiger partial charge in [-0.2, -0.15) is 0 Å². The Labute approximate surface area is 258 Å². The molecule has 44 heavy (non-hydrogen) atoms. The number of Topliss-reactive ketones (excluding diaryl/α,β-unsaturated/α-hetero) is 1. The lowest BCUT2D eigenvalue weighted by Crippen LogP contribution is -2.29. The molecule has 0 saturated carbocycles. The highest BCUT2D eigenvalue weighted by Crippen LogP contribution is 2.45. The van der Waals surface area contributed by atoms with E-state index in [1.807, 2.05) is 37.3 Å². The van der Waals surface area contributed by atoms with Crippen LogP contribution in [-0.2, 0) is 27.4 Å². The third-order valence-electron chi connectivity index (χ3n) is 7.49. The number of aliphatic hydroxyl groups excluding tert-OH is 1. The van der Waals surface area contributed by atoms with Gasteiger partial charge in [0.1, 0.15) is 34.8 Å². The molecule has 4 aromatic rings. The van der Waals surface area contributed by atoms with E-state index in [2.05, 4.69) is 4.98 Å². The van der Waals surface area contributed by atoms with Crippen LogP contribution in [0.1, 0.15) is 57.5 Å². The Kier molecular flexibility index (Phi) is 7.92. The number of aromatic nitrogens is 1. The Morgan fingerprint density at radius 3 is 2.66 bits per heavy atom. The zero-order valence-electron chi connectivity index (χ0n) is 24.4. The first-order valence-electron chi connectivity index (χ1n) is 14.3. The summed E-state index contributed by atoms with van der Waals surface area (Å²) in [6.07, 6.45) is 0.651. The monoisotopic (exact) mass is 610 g/mol. The normalized spacial score (nSPS) is 18.7. The number of anilines is 1. The number of carbonyl (C=O) groups excluding carboxylic acids is 3. The van der Waals surface area contributed by atoms with E-state index in [0.717, 1.165) is 28.2 Å². The van der Waals surface area contributed by atoms with Gasteiger partial charge in [0, 0.05) is 12.0 Å². The molecule has 0 radical (unpaired) electrons. The number of hydrogen-bond donors (Lipinski definition) is 1. The lowest BCUT2D eigenvalue weighted by atomic mass is 9.94. The third-order valence-corrected chi connectivity index (χ3v) is 8.63. The summed E-state index contributed by atoms with van der Waals surface area (Å²) < 4.78 is 17.0. The highest BCUT2D eigenvalue weighted by Gasteiger charge is 2.48. The SMILES string of the molecule is CCOC(=O)c1sc(N2C(=O)C(=O)/C(=C(/O)c3ccc4c(c3)C[C@@H](C)O4)[C@@H]2c2cccc(OCc3ccccc3)c2)nc1C. The van der Waals surface area contributed by atoms with Gasteiger partial charge in [0.05, 0.1) is 23.9 Å². The van der Waals surface area contributed by atoms with E-state index in [0.29, 0.717) is 35.6 Å². The number of amides is 1. The summed E-state index contributed by atoms with van der Waals surface area (Å²) in [7, 11) is 0. The number of carbonyl (C=O) groups is 3. The van der Waals surface area contributed by atoms with Crippen molar-refractivity contribution in [3.05, 3.63) is 111 Å². The van der Waals surface area contributed by atoms with Crippen LogP contribution in [0.15, 0.2) is 78.4 Å². The molecule has 224 valence electrons. The van der Waals surface area contributed by atoms with Gasteiger partial charge < -0.3 is 19.3 Å². The average molecular weight is 611 g/mol. The first kappa shape index (κ1) is 29.1. The van der Waals surface area contributed by atoms with E-state index in [1.54, 1.807) is 56.3 Å². The predicted octanol–water partition coefficient (Wildman–Crippen LogP) is 6.16. The van der Waals surface area contributed by atoms with Crippen molar-refractivity contribution in [2.45, 2.75) is 45.9 Å². The molecule has 9 nitrogen and oxygen atoms in total. The third kappa shape index (κ3) is 5.44. The summed E-state index contributed by atoms with van der Waals surface area (Å²) in [6, 6.07) is 20.9. The number of nitrogens with zero attached hydrogens (tertiary/aromatic N) is 2. The van der Waals surface area contributed by atoms with Crippen molar-refractivity contribution in [2.75, 3.05) is 11.5 Å². The molecule has 2 atom stereocenters. The van der Waals surface area contributed by atoms with Gasteiger partial charge in [0.15, 0.2) is 5.13 Å². The maximum atomic E-state index is 13.7. The van der Waals surface area contributed by atoms with Gasteiger partial charge in [-0.1, -0.05) is 53.8 Å². The molecule has 2 aliphatic heterocycles. The van der Waals surface area contributed by atoms with Crippen LogP contribution in [0.3, 0.4) is 0 Å². The largest absolute Gasteiger partial charge is 0.507 e. The van der Waals surface area contributed by atoms with Crippen LogP contribution < -0.4 is 14.4 Å². The maximum absolute atomic E-state index is 13.7. The summed E-state index contributed by atoms with van der Waals surface area (Å²) in [5.74, 6) is -1.36. The Morgan fingerprint density at radius 2 is 1.89 bits per heavy atom. The number of rotatable bonds is 8. The van der Waals surface area contributed by atoms with E-state index in [4.69, 9.17) is 14.2 Å². The van der Waals surface area contributed by atoms with Crippen LogP contribution in [0.25, 0.3) is 5.76 Å². The van der Waals surface area contributed by atoms with E-state index in [1.165, 1.54) is 4.90 Å². The summed E-state index contributed by atoms with van der Waals surface area (Å²) in [5, 5.41) is 11.8. The zero-order chi connectivity index (χ0) is 31.0. The molecule has 3 aromatic carbocycles. The van der Waals surface area contributed by atoms with Gasteiger partial charge in [-0.3, -0.25) is 14.5 Å². The second-order valence-electron chi connectivity index (χ2n) is 10.6. The van der Waals surface area contributed by atoms with Crippen molar-refractivity contribution in [3.63, 3.8) is 0 Å². The lowest BCUT2D eigenvalue weighted by Gasteiger charge is -2.23. The van der Waals surface area contributed by atoms with E-state index >= 15 is 0 Å². The van der Waals surface area contributed by atoms with Crippen LogP contribution in [0.5, 0.6) is 11.5 Å². The molecule has 2 aliphatic rings. The molecule has 1 saturated heterocycles. The fourth-order valence-corrected chi connectivity index (χ4v) is 6.44. The van der Waals surface area contributed by atoms with Crippen molar-refractivity contribution < 1.29 is 33.7 Å². The number of ketones is 1. The fourth-order valence-electron chi connectivity index (χ4n) is 5.46. The number of ether oxygens (including phenoxy) is 3. The van der Waals surface area contributed by atoms with E-state index in [9.17, 15) is 19.5 Å². The summed E-state index contributed by atoms with van der Waals surface area (Å²) in [4.78, 5) is 46.0. The Morgan fingerprint density at radius 1 is 1.09 bits per heavy atom. The Hall–Kier alpha value is -4.96. The Balaban J connectivity index is 1.45. The molecule has 10 heteroatoms. The predicted molar refractivity (Wildman–Crippen MR) is 165 cm³/mol. The highest BCUT2D eigenvalue weighted by molar-refractivity contribution is 7.17. The van der Waals surface area contributed by atoms with Gasteiger partial charge in [-0.05, 0) is 67.8 Å². The molecular formula is C34H30N2O7S. The van der Waals surface area contributed by atoms with Crippen LogP contribution >= 0.6 is 11.3 Å². The molecule has 1 N–H and O–H groups in total. The van der Waals surface area contributed by atoms with Gasteiger partial charge in [-0.25, -0.2) is 9.78 Å². The Bertz CT molecular complexity index is 1800. The molecule has 1 amide bonds. The summed E-state index contributed by atoms with van der Waals surface area (Å²) in [6.45, 7) is 5.79. The zero-order valence-corrected chi connectivity index (χ0v) is 25.2. The van der Waals surface area contributed by atoms with E-state index < -0.39 is 23.7 Å². The topological polar surface area (TPSA) is 115 Å². The fraction of sp³-hybridized carbons (Fsp3) is 0.235. The first-order valence-corrected chi connectivity index (χ1v) is 15.1. The summed E-state index contributed by atoms with van der Waals surface area (Å²) in [5.41, 5.74) is 3.08. The molecule has 1 aromatic heterocycles. The van der Waals surface area contributed by atoms with Crippen molar-refractivity contribution in [1.82, 2.24) is 4.98 Å². The maximum Gasteiger partial charge on any atom is 0.350 e. The number of aliphatic hydroxyl groups is 1. The molecule has 0 spiro atoms. The van der Waals surface area contributed by atoms with Gasteiger partial charge in [-0.15, -0.1) is 0 Å². The second-order valence-corrected chi connectivity index (χ2v) is 11.6. The smallest absolute Gasteiger partial charge is 0.350 e. The molecule has 0 bridgehead atoms. The minimum absolute atomic E-state index is 0.00617. The molecule has 0 unspecified atom stereocenters. The molecule has 6 rings (SSSR count). The van der Waals surface area contributed by atoms with Crippen LogP contribution in [0, 0.1) is 6.92 Å². The molecule has 1 fully saturated rings. The summed E-state index contributed by atoms with van der Waals surface area (Å²) >= 11 is 0.962. The van der Waals surface area contributed by atoms with Crippen molar-refractivity contribution in [1.29, 1.82) is 0 Å². The van der Waals surface area contributed by atoms with Gasteiger partial charge in [0.25, 0.3) is 5.78 Å². The van der Waals surface area contributed by atoms with Crippen molar-refractivity contribution >= 4 is 39.9 Å². The molecule has 3 heterocycles. The number of benzene rings is 3. The molecular weight excluding hydrogens is 580 g/mol. The van der Waals surface area contributed by atoms with Gasteiger partial charge >= 0.3 is 11.9 Å². The van der Waals surface area contributed by atoms with Crippen molar-refractivity contribution in [2.24, 2.45) is 0 Å². The number of fused-ring (bicyclic) bond motifs is 1. The van der Waals surface area contributed by atoms with Crippen LogP contribution in [0.4, 0.5) is 5.13 Å². The number of hydrogen-bond acceptors (Lipinski definition) is 9. The number of aryl methyl sites for hydroxylation is 1. The van der Waals surface area contributed by atoms with Crippen molar-refractivity contribution in [3.8, 4) is 11.5 Å². The minimum Gasteiger partial charge on any atom is -0.507 e. The van der Waals surface area contributed by atoms with Crippen LogP contribution in [0.2, 0.25) is 0 Å². The minimum atomic E-state index is -1.04. The first-order chi connectivity index (χ1) is 21.2. The molecule has 0 aliphatic carbocycles.